The van der Waals surface area contributed by atoms with E-state index >= 15 is 0 Å². The van der Waals surface area contributed by atoms with E-state index in [1.54, 1.807) is 12.1 Å². The Kier molecular flexibility index (Phi) is 3.67. The molecule has 5 rings (SSSR count). The Morgan fingerprint density at radius 1 is 1.30 bits per heavy atom. The van der Waals surface area contributed by atoms with Gasteiger partial charge in [0.1, 0.15) is 5.54 Å². The van der Waals surface area contributed by atoms with Crippen molar-refractivity contribution in [2.24, 2.45) is 11.8 Å². The van der Waals surface area contributed by atoms with Crippen LogP contribution in [0.2, 0.25) is 5.02 Å². The molecule has 2 unspecified atom stereocenters. The van der Waals surface area contributed by atoms with E-state index in [0.29, 0.717) is 22.8 Å². The highest BCUT2D eigenvalue weighted by Gasteiger charge is 2.74. The number of carbonyl (C=O) groups excluding carboxylic acids is 3. The maximum absolute atomic E-state index is 13.3. The molecule has 4 aliphatic heterocycles. The quantitative estimate of drug-likeness (QED) is 0.786. The number of carbonyl (C=O) groups is 3. The summed E-state index contributed by atoms with van der Waals surface area (Å²) in [7, 11) is 1.54. The van der Waals surface area contributed by atoms with Gasteiger partial charge in [-0.1, -0.05) is 23.7 Å². The van der Waals surface area contributed by atoms with Gasteiger partial charge in [0.05, 0.1) is 35.7 Å². The Balaban J connectivity index is 1.70. The number of anilines is 1. The molecule has 1 spiro atoms. The molecule has 1 aromatic carbocycles. The van der Waals surface area contributed by atoms with Gasteiger partial charge in [0.15, 0.2) is 0 Å². The number of hydrogen-bond acceptors (Lipinski definition) is 5. The van der Waals surface area contributed by atoms with Crippen LogP contribution < -0.4 is 5.32 Å². The molecule has 3 fully saturated rings. The first-order valence-electron chi connectivity index (χ1n) is 9.24. The molecule has 8 heteroatoms. The highest BCUT2D eigenvalue weighted by Crippen LogP contribution is 2.60. The average Bonchev–Trinajstić information content (AvgIpc) is 3.34. The fourth-order valence-electron chi connectivity index (χ4n) is 5.66. The van der Waals surface area contributed by atoms with Crippen molar-refractivity contribution in [3.05, 3.63) is 28.8 Å². The highest BCUT2D eigenvalue weighted by molar-refractivity contribution is 6.35. The summed E-state index contributed by atoms with van der Waals surface area (Å²) < 4.78 is 5.07. The van der Waals surface area contributed by atoms with E-state index in [4.69, 9.17) is 16.3 Å². The van der Waals surface area contributed by atoms with Gasteiger partial charge >= 0.3 is 0 Å². The summed E-state index contributed by atoms with van der Waals surface area (Å²) >= 11 is 6.33. The third kappa shape index (κ3) is 1.92. The number of hydrogen-bond donors (Lipinski definition) is 1. The maximum Gasteiger partial charge on any atom is 0.250 e. The van der Waals surface area contributed by atoms with Gasteiger partial charge < -0.3 is 10.1 Å². The number of imide groups is 1. The number of fused-ring (bicyclic) bond motifs is 7. The number of likely N-dealkylation sites (tertiary alicyclic amines) is 1. The lowest BCUT2D eigenvalue weighted by molar-refractivity contribution is -0.146. The standard InChI is InChI=1S/C19H20ClN3O4/c1-27-9-8-22-16(24)13-12-6-3-7-23(12)19(14(13)17(22)25)10-4-2-5-11(20)15(10)21-18(19)26/h2,4-5,12-14H,3,6-9H2,1H3,(H,21,26)/t12?,13-,14+,19?/m1/s1. The second-order valence-corrected chi connectivity index (χ2v) is 8.02. The van der Waals surface area contributed by atoms with E-state index in [-0.39, 0.29) is 36.9 Å². The zero-order valence-electron chi connectivity index (χ0n) is 14.9. The SMILES string of the molecule is COCCN1C(=O)[C@@H]2C3CCCN3C3(C(=O)Nc4c(Cl)cccc43)[C@@H]2C1=O. The zero-order chi connectivity index (χ0) is 18.9. The molecule has 0 bridgehead atoms. The first-order chi connectivity index (χ1) is 13.0. The molecule has 4 heterocycles. The third-order valence-corrected chi connectivity index (χ3v) is 6.90. The summed E-state index contributed by atoms with van der Waals surface area (Å²) in [6.07, 6.45) is 1.71. The van der Waals surface area contributed by atoms with Crippen molar-refractivity contribution in [1.29, 1.82) is 0 Å². The number of nitrogens with zero attached hydrogens (tertiary/aromatic N) is 2. The third-order valence-electron chi connectivity index (χ3n) is 6.59. The molecule has 0 saturated carbocycles. The van der Waals surface area contributed by atoms with Crippen LogP contribution in [-0.2, 0) is 24.7 Å². The number of para-hydroxylation sites is 1. The molecule has 0 aromatic heterocycles. The molecular formula is C19H20ClN3O4. The van der Waals surface area contributed by atoms with Crippen LogP contribution in [-0.4, -0.2) is 60.4 Å². The average molecular weight is 390 g/mol. The van der Waals surface area contributed by atoms with Gasteiger partial charge in [-0.15, -0.1) is 0 Å². The number of halogens is 1. The fourth-order valence-corrected chi connectivity index (χ4v) is 5.88. The fraction of sp³-hybridized carbons (Fsp3) is 0.526. The predicted octanol–water partition coefficient (Wildman–Crippen LogP) is 1.21. The van der Waals surface area contributed by atoms with Crippen LogP contribution in [0.4, 0.5) is 5.69 Å². The zero-order valence-corrected chi connectivity index (χ0v) is 15.7. The minimum absolute atomic E-state index is 0.102. The lowest BCUT2D eigenvalue weighted by Gasteiger charge is -2.36. The van der Waals surface area contributed by atoms with Gasteiger partial charge in [-0.2, -0.15) is 0 Å². The molecule has 1 N–H and O–H groups in total. The van der Waals surface area contributed by atoms with Crippen LogP contribution in [0.1, 0.15) is 18.4 Å². The number of methoxy groups -OCH3 is 1. The minimum atomic E-state index is -1.15. The molecule has 7 nitrogen and oxygen atoms in total. The lowest BCUT2D eigenvalue weighted by atomic mass is 9.75. The number of ether oxygens (including phenoxy) is 1. The van der Waals surface area contributed by atoms with Crippen LogP contribution in [0.25, 0.3) is 0 Å². The van der Waals surface area contributed by atoms with E-state index in [2.05, 4.69) is 10.2 Å². The second-order valence-electron chi connectivity index (χ2n) is 7.61. The molecular weight excluding hydrogens is 370 g/mol. The van der Waals surface area contributed by atoms with Gasteiger partial charge in [-0.25, -0.2) is 0 Å². The molecule has 27 heavy (non-hydrogen) atoms. The summed E-state index contributed by atoms with van der Waals surface area (Å²) in [6.45, 7) is 1.19. The lowest BCUT2D eigenvalue weighted by Crippen LogP contribution is -2.54. The number of amides is 3. The van der Waals surface area contributed by atoms with E-state index in [0.717, 1.165) is 12.8 Å². The molecule has 3 saturated heterocycles. The Morgan fingerprint density at radius 3 is 2.89 bits per heavy atom. The second kappa shape index (κ2) is 5.77. The first-order valence-corrected chi connectivity index (χ1v) is 9.62. The van der Waals surface area contributed by atoms with Crippen molar-refractivity contribution in [2.75, 3.05) is 32.1 Å². The van der Waals surface area contributed by atoms with Crippen LogP contribution in [0, 0.1) is 11.8 Å². The van der Waals surface area contributed by atoms with E-state index in [1.807, 2.05) is 6.07 Å². The smallest absolute Gasteiger partial charge is 0.250 e. The van der Waals surface area contributed by atoms with Crippen molar-refractivity contribution in [3.63, 3.8) is 0 Å². The van der Waals surface area contributed by atoms with Crippen molar-refractivity contribution in [1.82, 2.24) is 9.80 Å². The summed E-state index contributed by atoms with van der Waals surface area (Å²) in [5, 5.41) is 3.35. The van der Waals surface area contributed by atoms with Crippen molar-refractivity contribution in [2.45, 2.75) is 24.4 Å². The molecule has 1 aromatic rings. The van der Waals surface area contributed by atoms with Crippen LogP contribution >= 0.6 is 11.6 Å². The van der Waals surface area contributed by atoms with Crippen molar-refractivity contribution in [3.8, 4) is 0 Å². The highest BCUT2D eigenvalue weighted by atomic mass is 35.5. The van der Waals surface area contributed by atoms with Gasteiger partial charge in [0.25, 0.3) is 5.91 Å². The Labute approximate surface area is 161 Å². The van der Waals surface area contributed by atoms with E-state index in [1.165, 1.54) is 12.0 Å². The molecule has 142 valence electrons. The van der Waals surface area contributed by atoms with Gasteiger partial charge in [-0.3, -0.25) is 24.2 Å². The summed E-state index contributed by atoms with van der Waals surface area (Å²) in [5.74, 6) is -1.92. The number of nitrogens with one attached hydrogen (secondary N) is 1. The van der Waals surface area contributed by atoms with Gasteiger partial charge in [0.2, 0.25) is 11.8 Å². The summed E-state index contributed by atoms with van der Waals surface area (Å²) in [6, 6.07) is 5.27. The molecule has 3 amide bonds. The normalized spacial score (nSPS) is 34.4. The van der Waals surface area contributed by atoms with Gasteiger partial charge in [0, 0.05) is 18.7 Å². The molecule has 4 atom stereocenters. The Morgan fingerprint density at radius 2 is 2.11 bits per heavy atom. The first kappa shape index (κ1) is 17.2. The van der Waals surface area contributed by atoms with Crippen molar-refractivity contribution >= 4 is 35.0 Å². The van der Waals surface area contributed by atoms with E-state index < -0.39 is 17.4 Å². The maximum atomic E-state index is 13.3. The Bertz CT molecular complexity index is 875. The van der Waals surface area contributed by atoms with Crippen LogP contribution in [0.15, 0.2) is 18.2 Å². The monoisotopic (exact) mass is 389 g/mol. The van der Waals surface area contributed by atoms with Crippen molar-refractivity contribution < 1.29 is 19.1 Å². The summed E-state index contributed by atoms with van der Waals surface area (Å²) in [5.41, 5.74) is 0.126. The van der Waals surface area contributed by atoms with E-state index in [9.17, 15) is 14.4 Å². The minimum Gasteiger partial charge on any atom is -0.383 e. The molecule has 4 aliphatic rings. The molecule has 0 aliphatic carbocycles. The van der Waals surface area contributed by atoms with Crippen LogP contribution in [0.5, 0.6) is 0 Å². The largest absolute Gasteiger partial charge is 0.383 e. The topological polar surface area (TPSA) is 79.0 Å². The van der Waals surface area contributed by atoms with Gasteiger partial charge in [-0.05, 0) is 25.5 Å². The Hall–Kier alpha value is -1.96. The number of rotatable bonds is 3. The molecule has 0 radical (unpaired) electrons. The predicted molar refractivity (Wildman–Crippen MR) is 97.1 cm³/mol. The number of benzene rings is 1. The summed E-state index contributed by atoms with van der Waals surface area (Å²) in [4.78, 5) is 43.2. The van der Waals surface area contributed by atoms with Crippen LogP contribution in [0.3, 0.4) is 0 Å².